The summed E-state index contributed by atoms with van der Waals surface area (Å²) in [4.78, 5) is 2.42. The number of ether oxygens (including phenoxy) is 2. The Hall–Kier alpha value is -1.78. The molecule has 0 unspecified atom stereocenters. The molecule has 0 amide bonds. The third kappa shape index (κ3) is 3.12. The van der Waals surface area contributed by atoms with Crippen LogP contribution >= 0.6 is 0 Å². The van der Waals surface area contributed by atoms with E-state index < -0.39 is 0 Å². The molecule has 0 spiro atoms. The Bertz CT molecular complexity index is 594. The van der Waals surface area contributed by atoms with Gasteiger partial charge in [-0.15, -0.1) is 0 Å². The highest BCUT2D eigenvalue weighted by Gasteiger charge is 2.18. The molecule has 4 nitrogen and oxygen atoms in total. The first-order valence-electron chi connectivity index (χ1n) is 7.49. The van der Waals surface area contributed by atoms with Crippen molar-refractivity contribution in [3.8, 4) is 5.75 Å². The van der Waals surface area contributed by atoms with E-state index in [4.69, 9.17) is 9.47 Å². The maximum atomic E-state index is 5.95. The summed E-state index contributed by atoms with van der Waals surface area (Å²) in [5.74, 6) is 0.952. The molecule has 0 saturated carbocycles. The molecule has 0 aliphatic carbocycles. The van der Waals surface area contributed by atoms with Crippen LogP contribution in [0.25, 0.3) is 10.8 Å². The lowest BCUT2D eigenvalue weighted by Gasteiger charge is -2.32. The summed E-state index contributed by atoms with van der Waals surface area (Å²) in [5, 5.41) is 5.92. The van der Waals surface area contributed by atoms with Crippen LogP contribution in [0.5, 0.6) is 5.75 Å². The van der Waals surface area contributed by atoms with E-state index >= 15 is 0 Å². The van der Waals surface area contributed by atoms with Crippen molar-refractivity contribution >= 4 is 16.5 Å². The van der Waals surface area contributed by atoms with E-state index in [1.54, 1.807) is 7.11 Å². The van der Waals surface area contributed by atoms with Gasteiger partial charge in [-0.1, -0.05) is 30.3 Å². The standard InChI is InChI=1S/C17H22N2O2/c1-20-12-13-21-16-7-6-14-4-2-3-5-15(14)17(16)19-10-8-18-9-11-19/h2-7,18H,8-13H2,1H3. The fourth-order valence-electron chi connectivity index (χ4n) is 2.80. The summed E-state index contributed by atoms with van der Waals surface area (Å²) in [6, 6.07) is 12.7. The fraction of sp³-hybridized carbons (Fsp3) is 0.412. The zero-order chi connectivity index (χ0) is 14.5. The summed E-state index contributed by atoms with van der Waals surface area (Å²) in [6.45, 7) is 5.23. The third-order valence-electron chi connectivity index (χ3n) is 3.84. The average molecular weight is 286 g/mol. The Morgan fingerprint density at radius 3 is 2.67 bits per heavy atom. The Morgan fingerprint density at radius 2 is 1.86 bits per heavy atom. The fourth-order valence-corrected chi connectivity index (χ4v) is 2.80. The Morgan fingerprint density at radius 1 is 1.05 bits per heavy atom. The van der Waals surface area contributed by atoms with Crippen molar-refractivity contribution in [3.63, 3.8) is 0 Å². The zero-order valence-electron chi connectivity index (χ0n) is 12.5. The van der Waals surface area contributed by atoms with Gasteiger partial charge in [0.25, 0.3) is 0 Å². The molecule has 1 heterocycles. The highest BCUT2D eigenvalue weighted by molar-refractivity contribution is 5.97. The van der Waals surface area contributed by atoms with Crippen molar-refractivity contribution in [2.24, 2.45) is 0 Å². The molecule has 21 heavy (non-hydrogen) atoms. The molecule has 1 aliphatic rings. The monoisotopic (exact) mass is 286 g/mol. The summed E-state index contributed by atoms with van der Waals surface area (Å²) in [6.07, 6.45) is 0. The Labute approximate surface area is 125 Å². The van der Waals surface area contributed by atoms with Crippen molar-refractivity contribution in [2.75, 3.05) is 51.4 Å². The molecule has 0 radical (unpaired) electrons. The highest BCUT2D eigenvalue weighted by Crippen LogP contribution is 2.36. The molecule has 2 aromatic carbocycles. The van der Waals surface area contributed by atoms with E-state index in [1.165, 1.54) is 16.5 Å². The van der Waals surface area contributed by atoms with Gasteiger partial charge in [-0.3, -0.25) is 0 Å². The van der Waals surface area contributed by atoms with Crippen LogP contribution < -0.4 is 15.0 Å². The summed E-state index contributed by atoms with van der Waals surface area (Å²) in [7, 11) is 1.70. The second-order valence-corrected chi connectivity index (χ2v) is 5.21. The minimum absolute atomic E-state index is 0.577. The number of benzene rings is 2. The molecule has 0 aromatic heterocycles. The molecule has 112 valence electrons. The van der Waals surface area contributed by atoms with E-state index in [1.807, 2.05) is 0 Å². The van der Waals surface area contributed by atoms with Crippen LogP contribution in [0.15, 0.2) is 36.4 Å². The minimum atomic E-state index is 0.577. The van der Waals surface area contributed by atoms with Crippen LogP contribution in [-0.2, 0) is 4.74 Å². The number of fused-ring (bicyclic) bond motifs is 1. The number of hydrogen-bond donors (Lipinski definition) is 1. The molecule has 1 saturated heterocycles. The van der Waals surface area contributed by atoms with Crippen molar-refractivity contribution in [1.82, 2.24) is 5.32 Å². The number of piperazine rings is 1. The first-order chi connectivity index (χ1) is 10.4. The summed E-state index contributed by atoms with van der Waals surface area (Å²) in [5.41, 5.74) is 1.21. The molecule has 0 bridgehead atoms. The maximum Gasteiger partial charge on any atom is 0.143 e. The molecule has 1 fully saturated rings. The molecule has 2 aromatic rings. The highest BCUT2D eigenvalue weighted by atomic mass is 16.5. The molecule has 3 rings (SSSR count). The molecular weight excluding hydrogens is 264 g/mol. The van der Waals surface area contributed by atoms with Crippen molar-refractivity contribution in [2.45, 2.75) is 0 Å². The van der Waals surface area contributed by atoms with Gasteiger partial charge >= 0.3 is 0 Å². The third-order valence-corrected chi connectivity index (χ3v) is 3.84. The second-order valence-electron chi connectivity index (χ2n) is 5.21. The number of nitrogens with zero attached hydrogens (tertiary/aromatic N) is 1. The van der Waals surface area contributed by atoms with Gasteiger partial charge in [0.05, 0.1) is 12.3 Å². The van der Waals surface area contributed by atoms with Gasteiger partial charge < -0.3 is 19.7 Å². The van der Waals surface area contributed by atoms with Crippen LogP contribution in [0.4, 0.5) is 5.69 Å². The lowest BCUT2D eigenvalue weighted by molar-refractivity contribution is 0.146. The van der Waals surface area contributed by atoms with Crippen molar-refractivity contribution < 1.29 is 9.47 Å². The molecule has 1 aliphatic heterocycles. The van der Waals surface area contributed by atoms with Gasteiger partial charge in [-0.05, 0) is 11.5 Å². The van der Waals surface area contributed by atoms with E-state index in [9.17, 15) is 0 Å². The van der Waals surface area contributed by atoms with Crippen LogP contribution in [-0.4, -0.2) is 46.5 Å². The van der Waals surface area contributed by atoms with Gasteiger partial charge in [0.2, 0.25) is 0 Å². The number of methoxy groups -OCH3 is 1. The lowest BCUT2D eigenvalue weighted by Crippen LogP contribution is -2.43. The van der Waals surface area contributed by atoms with Gasteiger partial charge in [0.15, 0.2) is 0 Å². The maximum absolute atomic E-state index is 5.95. The summed E-state index contributed by atoms with van der Waals surface area (Å²) >= 11 is 0. The zero-order valence-corrected chi connectivity index (χ0v) is 12.5. The van der Waals surface area contributed by atoms with Crippen LogP contribution in [0.1, 0.15) is 0 Å². The van der Waals surface area contributed by atoms with Crippen LogP contribution in [0.3, 0.4) is 0 Å². The SMILES string of the molecule is COCCOc1ccc2ccccc2c1N1CCNCC1. The van der Waals surface area contributed by atoms with Gasteiger partial charge in [0.1, 0.15) is 12.4 Å². The van der Waals surface area contributed by atoms with E-state index in [2.05, 4.69) is 46.6 Å². The quantitative estimate of drug-likeness (QED) is 0.855. The number of anilines is 1. The van der Waals surface area contributed by atoms with Crippen LogP contribution in [0.2, 0.25) is 0 Å². The van der Waals surface area contributed by atoms with E-state index in [-0.39, 0.29) is 0 Å². The molecular formula is C17H22N2O2. The number of rotatable bonds is 5. The Kier molecular flexibility index (Phi) is 4.58. The average Bonchev–Trinajstić information content (AvgIpc) is 2.55. The first-order valence-corrected chi connectivity index (χ1v) is 7.49. The summed E-state index contributed by atoms with van der Waals surface area (Å²) < 4.78 is 11.0. The van der Waals surface area contributed by atoms with Gasteiger partial charge in [-0.2, -0.15) is 0 Å². The topological polar surface area (TPSA) is 33.7 Å². The minimum Gasteiger partial charge on any atom is -0.489 e. The largest absolute Gasteiger partial charge is 0.489 e. The number of nitrogens with one attached hydrogen (secondary N) is 1. The van der Waals surface area contributed by atoms with E-state index in [0.29, 0.717) is 13.2 Å². The molecule has 4 heteroatoms. The second kappa shape index (κ2) is 6.78. The smallest absolute Gasteiger partial charge is 0.143 e. The van der Waals surface area contributed by atoms with Gasteiger partial charge in [0, 0.05) is 38.7 Å². The molecule has 1 N–H and O–H groups in total. The lowest BCUT2D eigenvalue weighted by atomic mass is 10.1. The first kappa shape index (κ1) is 14.2. The van der Waals surface area contributed by atoms with Crippen molar-refractivity contribution in [1.29, 1.82) is 0 Å². The molecule has 0 atom stereocenters. The predicted octanol–water partition coefficient (Wildman–Crippen LogP) is 2.27. The van der Waals surface area contributed by atoms with Crippen LogP contribution in [0, 0.1) is 0 Å². The number of hydrogen-bond acceptors (Lipinski definition) is 4. The van der Waals surface area contributed by atoms with Crippen molar-refractivity contribution in [3.05, 3.63) is 36.4 Å². The Balaban J connectivity index is 1.99. The van der Waals surface area contributed by atoms with Gasteiger partial charge in [-0.25, -0.2) is 0 Å². The predicted molar refractivity (Wildman–Crippen MR) is 86.4 cm³/mol. The van der Waals surface area contributed by atoms with E-state index in [0.717, 1.165) is 31.9 Å². The normalized spacial score (nSPS) is 15.4.